The molecular formula is C22H22N2O2. The Morgan fingerprint density at radius 3 is 2.12 bits per heavy atom. The molecule has 132 valence electrons. The van der Waals surface area contributed by atoms with Gasteiger partial charge in [0, 0.05) is 0 Å². The SMILES string of the molecule is O=C1c2ccccc2C(=O)N1C1CCc2ccccc2C1N1CCCC1. The first-order valence-corrected chi connectivity index (χ1v) is 9.54. The minimum Gasteiger partial charge on any atom is -0.294 e. The van der Waals surface area contributed by atoms with Crippen LogP contribution in [0.4, 0.5) is 0 Å². The normalized spacial score (nSPS) is 25.5. The van der Waals surface area contributed by atoms with Gasteiger partial charge >= 0.3 is 0 Å². The van der Waals surface area contributed by atoms with Crippen LogP contribution in [-0.4, -0.2) is 40.7 Å². The molecule has 2 aromatic rings. The quantitative estimate of drug-likeness (QED) is 0.782. The number of hydrogen-bond acceptors (Lipinski definition) is 3. The van der Waals surface area contributed by atoms with Gasteiger partial charge in [-0.15, -0.1) is 0 Å². The van der Waals surface area contributed by atoms with Crippen molar-refractivity contribution in [2.75, 3.05) is 13.1 Å². The Morgan fingerprint density at radius 2 is 1.42 bits per heavy atom. The molecule has 0 radical (unpaired) electrons. The highest BCUT2D eigenvalue weighted by Gasteiger charge is 2.46. The van der Waals surface area contributed by atoms with Crippen molar-refractivity contribution in [1.29, 1.82) is 0 Å². The second-order valence-electron chi connectivity index (χ2n) is 7.52. The van der Waals surface area contributed by atoms with Gasteiger partial charge < -0.3 is 0 Å². The van der Waals surface area contributed by atoms with Gasteiger partial charge in [-0.25, -0.2) is 0 Å². The summed E-state index contributed by atoms with van der Waals surface area (Å²) in [5, 5.41) is 0. The molecule has 3 aliphatic rings. The van der Waals surface area contributed by atoms with Gasteiger partial charge in [-0.05, 0) is 62.0 Å². The molecule has 5 rings (SSSR count). The van der Waals surface area contributed by atoms with Gasteiger partial charge in [-0.2, -0.15) is 0 Å². The number of amides is 2. The number of aryl methyl sites for hydroxylation is 1. The predicted octanol–water partition coefficient (Wildman–Crippen LogP) is 3.43. The topological polar surface area (TPSA) is 40.6 Å². The van der Waals surface area contributed by atoms with Gasteiger partial charge in [0.1, 0.15) is 0 Å². The molecule has 4 heteroatoms. The number of nitrogens with zero attached hydrogens (tertiary/aromatic N) is 2. The van der Waals surface area contributed by atoms with Crippen LogP contribution in [0.25, 0.3) is 0 Å². The van der Waals surface area contributed by atoms with E-state index in [2.05, 4.69) is 29.2 Å². The third kappa shape index (κ3) is 2.25. The van der Waals surface area contributed by atoms with E-state index in [1.54, 1.807) is 17.0 Å². The van der Waals surface area contributed by atoms with Gasteiger partial charge in [0.15, 0.2) is 0 Å². The van der Waals surface area contributed by atoms with Crippen LogP contribution in [0.2, 0.25) is 0 Å². The monoisotopic (exact) mass is 346 g/mol. The maximum Gasteiger partial charge on any atom is 0.261 e. The Morgan fingerprint density at radius 1 is 0.808 bits per heavy atom. The second-order valence-corrected chi connectivity index (χ2v) is 7.52. The van der Waals surface area contributed by atoms with Gasteiger partial charge in [-0.3, -0.25) is 19.4 Å². The highest BCUT2D eigenvalue weighted by atomic mass is 16.2. The van der Waals surface area contributed by atoms with Gasteiger partial charge in [0.25, 0.3) is 11.8 Å². The smallest absolute Gasteiger partial charge is 0.261 e. The van der Waals surface area contributed by atoms with E-state index in [0.717, 1.165) is 25.9 Å². The van der Waals surface area contributed by atoms with E-state index in [9.17, 15) is 9.59 Å². The largest absolute Gasteiger partial charge is 0.294 e. The van der Waals surface area contributed by atoms with E-state index in [0.29, 0.717) is 11.1 Å². The summed E-state index contributed by atoms with van der Waals surface area (Å²) >= 11 is 0. The van der Waals surface area contributed by atoms with Crippen molar-refractivity contribution in [2.24, 2.45) is 0 Å². The molecule has 2 heterocycles. The molecule has 0 aromatic heterocycles. The first-order valence-electron chi connectivity index (χ1n) is 9.54. The zero-order chi connectivity index (χ0) is 17.7. The Balaban J connectivity index is 1.58. The molecule has 2 unspecified atom stereocenters. The molecule has 1 saturated heterocycles. The highest BCUT2D eigenvalue weighted by Crippen LogP contribution is 2.41. The van der Waals surface area contributed by atoms with Crippen LogP contribution < -0.4 is 0 Å². The standard InChI is InChI=1S/C22H22N2O2/c25-21-17-9-3-4-10-18(17)22(26)24(21)19-12-11-15-7-1-2-8-16(15)20(19)23-13-5-6-14-23/h1-4,7-10,19-20H,5-6,11-14H2. The first-order chi connectivity index (χ1) is 12.8. The molecule has 2 atom stereocenters. The van der Waals surface area contributed by atoms with Crippen molar-refractivity contribution in [1.82, 2.24) is 9.80 Å². The van der Waals surface area contributed by atoms with E-state index in [-0.39, 0.29) is 23.9 Å². The Labute approximate surface area is 153 Å². The summed E-state index contributed by atoms with van der Waals surface area (Å²) in [6.45, 7) is 2.08. The van der Waals surface area contributed by atoms with Crippen molar-refractivity contribution < 1.29 is 9.59 Å². The van der Waals surface area contributed by atoms with Crippen molar-refractivity contribution in [3.63, 3.8) is 0 Å². The molecule has 1 fully saturated rings. The number of rotatable bonds is 2. The third-order valence-electron chi connectivity index (χ3n) is 6.14. The lowest BCUT2D eigenvalue weighted by atomic mass is 9.82. The first kappa shape index (κ1) is 15.8. The minimum absolute atomic E-state index is 0.0876. The summed E-state index contributed by atoms with van der Waals surface area (Å²) in [6.07, 6.45) is 4.13. The fraction of sp³-hybridized carbons (Fsp3) is 0.364. The maximum absolute atomic E-state index is 13.1. The molecular weight excluding hydrogens is 324 g/mol. The molecule has 1 aliphatic carbocycles. The summed E-state index contributed by atoms with van der Waals surface area (Å²) in [5.41, 5.74) is 3.76. The van der Waals surface area contributed by atoms with Crippen LogP contribution in [-0.2, 0) is 6.42 Å². The molecule has 0 spiro atoms. The summed E-state index contributed by atoms with van der Waals surface area (Å²) in [6, 6.07) is 15.8. The predicted molar refractivity (Wildman–Crippen MR) is 99.0 cm³/mol. The van der Waals surface area contributed by atoms with E-state index in [1.807, 2.05) is 12.1 Å². The fourth-order valence-electron chi connectivity index (χ4n) is 4.96. The van der Waals surface area contributed by atoms with E-state index < -0.39 is 0 Å². The number of imide groups is 1. The molecule has 0 saturated carbocycles. The Bertz CT molecular complexity index is 850. The van der Waals surface area contributed by atoms with Crippen LogP contribution in [0.5, 0.6) is 0 Å². The molecule has 2 aromatic carbocycles. The van der Waals surface area contributed by atoms with Crippen LogP contribution in [0.1, 0.15) is 57.1 Å². The lowest BCUT2D eigenvalue weighted by Crippen LogP contribution is -2.50. The fourth-order valence-corrected chi connectivity index (χ4v) is 4.96. The molecule has 2 amide bonds. The molecule has 2 aliphatic heterocycles. The molecule has 26 heavy (non-hydrogen) atoms. The maximum atomic E-state index is 13.1. The van der Waals surface area contributed by atoms with Gasteiger partial charge in [0.05, 0.1) is 23.2 Å². The summed E-state index contributed by atoms with van der Waals surface area (Å²) in [5.74, 6) is -0.252. The average Bonchev–Trinajstić information content (AvgIpc) is 3.29. The summed E-state index contributed by atoms with van der Waals surface area (Å²) < 4.78 is 0. The van der Waals surface area contributed by atoms with Crippen LogP contribution in [0.15, 0.2) is 48.5 Å². The van der Waals surface area contributed by atoms with Gasteiger partial charge in [-0.1, -0.05) is 36.4 Å². The van der Waals surface area contributed by atoms with E-state index in [4.69, 9.17) is 0 Å². The number of carbonyl (C=O) groups excluding carboxylic acids is 2. The van der Waals surface area contributed by atoms with Crippen LogP contribution >= 0.6 is 0 Å². The van der Waals surface area contributed by atoms with Crippen molar-refractivity contribution >= 4 is 11.8 Å². The zero-order valence-electron chi connectivity index (χ0n) is 14.7. The average molecular weight is 346 g/mol. The number of benzene rings is 2. The Hall–Kier alpha value is -2.46. The van der Waals surface area contributed by atoms with Crippen molar-refractivity contribution in [2.45, 2.75) is 37.8 Å². The van der Waals surface area contributed by atoms with E-state index >= 15 is 0 Å². The minimum atomic E-state index is -0.126. The summed E-state index contributed by atoms with van der Waals surface area (Å²) in [7, 11) is 0. The Kier molecular flexibility index (Phi) is 3.68. The lowest BCUT2D eigenvalue weighted by molar-refractivity contribution is 0.0430. The van der Waals surface area contributed by atoms with Crippen LogP contribution in [0.3, 0.4) is 0 Å². The zero-order valence-corrected chi connectivity index (χ0v) is 14.7. The number of fused-ring (bicyclic) bond motifs is 2. The van der Waals surface area contributed by atoms with Crippen LogP contribution in [0, 0.1) is 0 Å². The molecule has 0 bridgehead atoms. The van der Waals surface area contributed by atoms with Crippen molar-refractivity contribution in [3.05, 3.63) is 70.8 Å². The number of carbonyl (C=O) groups is 2. The molecule has 4 nitrogen and oxygen atoms in total. The summed E-state index contributed by atoms with van der Waals surface area (Å²) in [4.78, 5) is 30.2. The van der Waals surface area contributed by atoms with E-state index in [1.165, 1.54) is 24.0 Å². The highest BCUT2D eigenvalue weighted by molar-refractivity contribution is 6.21. The van der Waals surface area contributed by atoms with Crippen molar-refractivity contribution in [3.8, 4) is 0 Å². The molecule has 0 N–H and O–H groups in total. The third-order valence-corrected chi connectivity index (χ3v) is 6.14. The second kappa shape index (κ2) is 6.06. The lowest BCUT2D eigenvalue weighted by Gasteiger charge is -2.42. The van der Waals surface area contributed by atoms with Gasteiger partial charge in [0.2, 0.25) is 0 Å². The number of hydrogen-bond donors (Lipinski definition) is 0. The number of likely N-dealkylation sites (tertiary alicyclic amines) is 1.